The number of anilines is 1. The van der Waals surface area contributed by atoms with Gasteiger partial charge in [0.1, 0.15) is 6.07 Å². The van der Waals surface area contributed by atoms with E-state index < -0.39 is 0 Å². The number of aryl methyl sites for hydroxylation is 1. The fourth-order valence-electron chi connectivity index (χ4n) is 2.68. The highest BCUT2D eigenvalue weighted by Gasteiger charge is 2.21. The van der Waals surface area contributed by atoms with Crippen LogP contribution in [-0.2, 0) is 0 Å². The van der Waals surface area contributed by atoms with Crippen LogP contribution in [0.4, 0.5) is 5.88 Å². The lowest BCUT2D eigenvalue weighted by Crippen LogP contribution is -2.14. The summed E-state index contributed by atoms with van der Waals surface area (Å²) >= 11 is 0. The van der Waals surface area contributed by atoms with Gasteiger partial charge in [0.2, 0.25) is 17.5 Å². The van der Waals surface area contributed by atoms with Gasteiger partial charge in [0.05, 0.1) is 0 Å². The summed E-state index contributed by atoms with van der Waals surface area (Å²) in [5, 5.41) is 12.5. The second kappa shape index (κ2) is 5.38. The first-order chi connectivity index (χ1) is 9.78. The lowest BCUT2D eigenvalue weighted by molar-refractivity contribution is 0.571. The van der Waals surface area contributed by atoms with E-state index >= 15 is 0 Å². The Morgan fingerprint density at radius 3 is 2.75 bits per heavy atom. The zero-order valence-electron chi connectivity index (χ0n) is 11.5. The zero-order valence-corrected chi connectivity index (χ0v) is 11.5. The summed E-state index contributed by atoms with van der Waals surface area (Å²) in [5.74, 6) is 1.03. The molecule has 102 valence electrons. The van der Waals surface area contributed by atoms with Gasteiger partial charge in [-0.25, -0.2) is 0 Å². The zero-order chi connectivity index (χ0) is 13.9. The molecule has 1 aliphatic rings. The minimum atomic E-state index is 0.343. The van der Waals surface area contributed by atoms with Crippen LogP contribution < -0.4 is 5.32 Å². The van der Waals surface area contributed by atoms with Gasteiger partial charge in [-0.15, -0.1) is 0 Å². The van der Waals surface area contributed by atoms with Crippen molar-refractivity contribution >= 4 is 5.88 Å². The number of rotatable bonds is 3. The first-order valence-corrected chi connectivity index (χ1v) is 7.01. The van der Waals surface area contributed by atoms with E-state index in [1.807, 2.05) is 31.2 Å². The molecular formula is C16H17N3O. The van der Waals surface area contributed by atoms with Crippen molar-refractivity contribution in [1.82, 2.24) is 4.98 Å². The van der Waals surface area contributed by atoms with Gasteiger partial charge in [0.25, 0.3) is 0 Å². The molecule has 3 rings (SSSR count). The van der Waals surface area contributed by atoms with Gasteiger partial charge >= 0.3 is 0 Å². The van der Waals surface area contributed by atoms with Gasteiger partial charge in [-0.3, -0.25) is 0 Å². The van der Waals surface area contributed by atoms with E-state index in [2.05, 4.69) is 16.4 Å². The van der Waals surface area contributed by atoms with E-state index in [0.29, 0.717) is 23.5 Å². The Bertz CT molecular complexity index is 648. The van der Waals surface area contributed by atoms with Crippen molar-refractivity contribution in [2.45, 2.75) is 38.6 Å². The molecule has 1 fully saturated rings. The van der Waals surface area contributed by atoms with Gasteiger partial charge in [0, 0.05) is 11.6 Å². The number of hydrogen-bond acceptors (Lipinski definition) is 4. The summed E-state index contributed by atoms with van der Waals surface area (Å²) in [6.07, 6.45) is 4.73. The van der Waals surface area contributed by atoms with Gasteiger partial charge in [-0.2, -0.15) is 10.2 Å². The smallest absolute Gasteiger partial charge is 0.232 e. The molecule has 1 aliphatic carbocycles. The molecule has 1 saturated carbocycles. The highest BCUT2D eigenvalue weighted by molar-refractivity contribution is 5.62. The molecule has 0 saturated heterocycles. The molecule has 1 N–H and O–H groups in total. The van der Waals surface area contributed by atoms with Crippen molar-refractivity contribution in [1.29, 1.82) is 5.26 Å². The third-order valence-corrected chi connectivity index (χ3v) is 3.80. The largest absolute Gasteiger partial charge is 0.419 e. The maximum atomic E-state index is 9.21. The molecule has 0 atom stereocenters. The number of benzene rings is 1. The van der Waals surface area contributed by atoms with E-state index in [1.165, 1.54) is 12.8 Å². The molecule has 0 spiro atoms. The van der Waals surface area contributed by atoms with Gasteiger partial charge in [-0.05, 0) is 31.4 Å². The van der Waals surface area contributed by atoms with Gasteiger partial charge < -0.3 is 9.73 Å². The van der Waals surface area contributed by atoms with E-state index in [0.717, 1.165) is 24.0 Å². The highest BCUT2D eigenvalue weighted by atomic mass is 16.4. The van der Waals surface area contributed by atoms with Crippen molar-refractivity contribution in [3.05, 3.63) is 35.5 Å². The highest BCUT2D eigenvalue weighted by Crippen LogP contribution is 2.30. The Morgan fingerprint density at radius 1 is 1.30 bits per heavy atom. The fourth-order valence-corrected chi connectivity index (χ4v) is 2.68. The molecular weight excluding hydrogens is 250 g/mol. The average Bonchev–Trinajstić information content (AvgIpc) is 3.09. The van der Waals surface area contributed by atoms with E-state index in [-0.39, 0.29) is 0 Å². The molecule has 1 heterocycles. The third-order valence-electron chi connectivity index (χ3n) is 3.80. The van der Waals surface area contributed by atoms with E-state index in [9.17, 15) is 5.26 Å². The number of nitrogens with zero attached hydrogens (tertiary/aromatic N) is 2. The minimum absolute atomic E-state index is 0.343. The van der Waals surface area contributed by atoms with Crippen LogP contribution >= 0.6 is 0 Å². The molecule has 1 aromatic carbocycles. The standard InChI is InChI=1S/C16H17N3O/c1-11-6-2-5-9-13(11)15-19-14(10-17)16(20-15)18-12-7-3-4-8-12/h2,5-6,9,12,18H,3-4,7-8H2,1H3. The summed E-state index contributed by atoms with van der Waals surface area (Å²) < 4.78 is 5.79. The summed E-state index contributed by atoms with van der Waals surface area (Å²) in [4.78, 5) is 4.31. The number of nitrogens with one attached hydrogen (secondary N) is 1. The first kappa shape index (κ1) is 12.7. The predicted octanol–water partition coefficient (Wildman–Crippen LogP) is 3.88. The molecule has 0 aliphatic heterocycles. The number of nitriles is 1. The number of hydrogen-bond donors (Lipinski definition) is 1. The first-order valence-electron chi connectivity index (χ1n) is 7.01. The van der Waals surface area contributed by atoms with Crippen LogP contribution in [-0.4, -0.2) is 11.0 Å². The summed E-state index contributed by atoms with van der Waals surface area (Å²) in [6.45, 7) is 2.01. The van der Waals surface area contributed by atoms with Gasteiger partial charge in [-0.1, -0.05) is 31.0 Å². The fraction of sp³-hybridized carbons (Fsp3) is 0.375. The average molecular weight is 267 g/mol. The van der Waals surface area contributed by atoms with Crippen molar-refractivity contribution in [2.75, 3.05) is 5.32 Å². The van der Waals surface area contributed by atoms with Gasteiger partial charge in [0.15, 0.2) is 0 Å². The Balaban J connectivity index is 1.92. The summed E-state index contributed by atoms with van der Waals surface area (Å²) in [7, 11) is 0. The van der Waals surface area contributed by atoms with Crippen molar-refractivity contribution in [2.24, 2.45) is 0 Å². The Kier molecular flexibility index (Phi) is 3.42. The van der Waals surface area contributed by atoms with Crippen LogP contribution in [0.1, 0.15) is 36.9 Å². The molecule has 0 radical (unpaired) electrons. The van der Waals surface area contributed by atoms with Crippen LogP contribution in [0.15, 0.2) is 28.7 Å². The predicted molar refractivity (Wildman–Crippen MR) is 77.3 cm³/mol. The monoisotopic (exact) mass is 267 g/mol. The van der Waals surface area contributed by atoms with Crippen LogP contribution in [0.25, 0.3) is 11.5 Å². The molecule has 0 bridgehead atoms. The molecule has 0 unspecified atom stereocenters. The van der Waals surface area contributed by atoms with Crippen LogP contribution in [0.3, 0.4) is 0 Å². The lowest BCUT2D eigenvalue weighted by Gasteiger charge is -2.09. The van der Waals surface area contributed by atoms with Crippen molar-refractivity contribution in [3.63, 3.8) is 0 Å². The van der Waals surface area contributed by atoms with Crippen LogP contribution in [0.2, 0.25) is 0 Å². The maximum absolute atomic E-state index is 9.21. The second-order valence-corrected chi connectivity index (χ2v) is 5.25. The molecule has 4 heteroatoms. The lowest BCUT2D eigenvalue weighted by atomic mass is 10.1. The normalized spacial score (nSPS) is 15.2. The molecule has 0 amide bonds. The topological polar surface area (TPSA) is 61.9 Å². The van der Waals surface area contributed by atoms with Crippen molar-refractivity contribution < 1.29 is 4.42 Å². The Labute approximate surface area is 118 Å². The molecule has 1 aromatic heterocycles. The SMILES string of the molecule is Cc1ccccc1-c1nc(C#N)c(NC2CCCC2)o1. The summed E-state index contributed by atoms with van der Waals surface area (Å²) in [6, 6.07) is 10.4. The molecule has 2 aromatic rings. The van der Waals surface area contributed by atoms with E-state index in [1.54, 1.807) is 0 Å². The number of oxazole rings is 1. The minimum Gasteiger partial charge on any atom is -0.419 e. The second-order valence-electron chi connectivity index (χ2n) is 5.25. The molecule has 4 nitrogen and oxygen atoms in total. The molecule has 20 heavy (non-hydrogen) atoms. The van der Waals surface area contributed by atoms with Crippen LogP contribution in [0.5, 0.6) is 0 Å². The maximum Gasteiger partial charge on any atom is 0.232 e. The third kappa shape index (κ3) is 2.39. The summed E-state index contributed by atoms with van der Waals surface area (Å²) in [5.41, 5.74) is 2.37. The quantitative estimate of drug-likeness (QED) is 0.916. The van der Waals surface area contributed by atoms with Crippen molar-refractivity contribution in [3.8, 4) is 17.5 Å². The van der Waals surface area contributed by atoms with E-state index in [4.69, 9.17) is 4.42 Å². The Morgan fingerprint density at radius 2 is 2.05 bits per heavy atom. The number of aromatic nitrogens is 1. The Hall–Kier alpha value is -2.28. The van der Waals surface area contributed by atoms with Crippen LogP contribution in [0, 0.1) is 18.3 Å².